The Morgan fingerprint density at radius 3 is 2.10 bits per heavy atom. The quantitative estimate of drug-likeness (QED) is 0.446. The summed E-state index contributed by atoms with van der Waals surface area (Å²) in [6, 6.07) is 13.8. The summed E-state index contributed by atoms with van der Waals surface area (Å²) < 4.78 is 0. The fraction of sp³-hybridized carbons (Fsp3) is 0.464. The van der Waals surface area contributed by atoms with E-state index in [0.717, 1.165) is 17.8 Å². The Bertz CT molecular complexity index is 924. The smallest absolute Gasteiger partial charge is 0.0164 e. The van der Waals surface area contributed by atoms with Gasteiger partial charge in [-0.15, -0.1) is 0 Å². The fourth-order valence-corrected chi connectivity index (χ4v) is 7.72. The fourth-order valence-electron chi connectivity index (χ4n) is 7.72. The van der Waals surface area contributed by atoms with Crippen molar-refractivity contribution in [3.63, 3.8) is 0 Å². The van der Waals surface area contributed by atoms with E-state index in [-0.39, 0.29) is 26.2 Å². The molecule has 5 aliphatic carbocycles. The number of hydrogen-bond donors (Lipinski definition) is 0. The summed E-state index contributed by atoms with van der Waals surface area (Å²) in [4.78, 5) is 0. The Morgan fingerprint density at radius 2 is 1.48 bits per heavy atom. The second-order valence-electron chi connectivity index (χ2n) is 10.6. The van der Waals surface area contributed by atoms with Crippen LogP contribution in [0.15, 0.2) is 42.0 Å². The molecule has 0 spiro atoms. The molecule has 0 N–H and O–H groups in total. The number of rotatable bonds is 3. The maximum Gasteiger partial charge on any atom is 0.0164 e. The standard InChI is InChI=1S/C28H31.Zr/c1-18-6-19(2)8-25(7-18)26-5-3-4-24-12-23(13-27(24)26)17-28-14-20-9-21(15-28)11-22(10-20)16-28;/h3-8,12-13,20-22H,9-11,14-17H2,1-2H3;. The molecular formula is C28H31Zr. The molecule has 1 radical (unpaired) electrons. The first kappa shape index (κ1) is 20.0. The van der Waals surface area contributed by atoms with Gasteiger partial charge in [-0.1, -0.05) is 59.2 Å². The van der Waals surface area contributed by atoms with Gasteiger partial charge < -0.3 is 0 Å². The first-order valence-electron chi connectivity index (χ1n) is 11.3. The van der Waals surface area contributed by atoms with Crippen molar-refractivity contribution >= 4 is 6.08 Å². The Labute approximate surface area is 195 Å². The molecule has 4 bridgehead atoms. The van der Waals surface area contributed by atoms with Crippen molar-refractivity contribution in [3.05, 3.63) is 70.6 Å². The molecule has 1 heteroatoms. The summed E-state index contributed by atoms with van der Waals surface area (Å²) in [6.07, 6.45) is 15.5. The molecule has 29 heavy (non-hydrogen) atoms. The normalized spacial score (nSPS) is 31.4. The van der Waals surface area contributed by atoms with Crippen molar-refractivity contribution in [3.8, 4) is 11.1 Å². The molecule has 2 aromatic rings. The van der Waals surface area contributed by atoms with Crippen LogP contribution in [0.1, 0.15) is 67.2 Å². The molecule has 5 aliphatic rings. The summed E-state index contributed by atoms with van der Waals surface area (Å²) in [7, 11) is 0. The van der Waals surface area contributed by atoms with E-state index in [9.17, 15) is 0 Å². The van der Waals surface area contributed by atoms with Crippen molar-refractivity contribution in [2.45, 2.75) is 58.8 Å². The van der Waals surface area contributed by atoms with Gasteiger partial charge in [-0.25, -0.2) is 0 Å². The average Bonchev–Trinajstić information content (AvgIpc) is 3.01. The summed E-state index contributed by atoms with van der Waals surface area (Å²) in [5.74, 6) is 3.13. The van der Waals surface area contributed by atoms with Crippen LogP contribution in [0.2, 0.25) is 0 Å². The minimum atomic E-state index is 0. The molecule has 0 aromatic heterocycles. The molecule has 0 amide bonds. The van der Waals surface area contributed by atoms with E-state index in [0.29, 0.717) is 5.41 Å². The predicted octanol–water partition coefficient (Wildman–Crippen LogP) is 7.52. The van der Waals surface area contributed by atoms with Gasteiger partial charge >= 0.3 is 0 Å². The maximum absolute atomic E-state index is 2.53. The number of allylic oxidation sites excluding steroid dienone is 1. The van der Waals surface area contributed by atoms with Crippen molar-refractivity contribution in [1.29, 1.82) is 0 Å². The molecule has 2 aromatic carbocycles. The van der Waals surface area contributed by atoms with Gasteiger partial charge in [0.25, 0.3) is 0 Å². The van der Waals surface area contributed by atoms with Crippen LogP contribution < -0.4 is 0 Å². The molecule has 4 fully saturated rings. The van der Waals surface area contributed by atoms with Crippen molar-refractivity contribution in [1.82, 2.24) is 0 Å². The van der Waals surface area contributed by atoms with Gasteiger partial charge in [0, 0.05) is 32.6 Å². The minimum absolute atomic E-state index is 0. The minimum Gasteiger partial charge on any atom is -0.0613 e. The van der Waals surface area contributed by atoms with Gasteiger partial charge in [0.05, 0.1) is 0 Å². The van der Waals surface area contributed by atoms with E-state index < -0.39 is 0 Å². The Kier molecular flexibility index (Phi) is 5.06. The third-order valence-electron chi connectivity index (χ3n) is 8.09. The summed E-state index contributed by atoms with van der Waals surface area (Å²) in [6.45, 7) is 4.42. The zero-order valence-corrected chi connectivity index (χ0v) is 20.3. The number of aryl methyl sites for hydroxylation is 2. The summed E-state index contributed by atoms with van der Waals surface area (Å²) >= 11 is 0. The van der Waals surface area contributed by atoms with Gasteiger partial charge in [0.1, 0.15) is 0 Å². The first-order chi connectivity index (χ1) is 13.6. The van der Waals surface area contributed by atoms with Crippen LogP contribution in [0.3, 0.4) is 0 Å². The van der Waals surface area contributed by atoms with E-state index in [1.807, 2.05) is 0 Å². The molecule has 0 atom stereocenters. The van der Waals surface area contributed by atoms with Crippen LogP contribution in [-0.4, -0.2) is 0 Å². The number of fused-ring (bicyclic) bond motifs is 1. The average molecular weight is 459 g/mol. The second-order valence-corrected chi connectivity index (χ2v) is 10.6. The van der Waals surface area contributed by atoms with E-state index in [1.165, 1.54) is 78.3 Å². The van der Waals surface area contributed by atoms with Crippen LogP contribution in [0, 0.1) is 43.4 Å². The van der Waals surface area contributed by atoms with Gasteiger partial charge in [-0.05, 0) is 104 Å². The molecule has 0 saturated heterocycles. The molecular weight excluding hydrogens is 428 g/mol. The van der Waals surface area contributed by atoms with Gasteiger partial charge in [0.15, 0.2) is 0 Å². The first-order valence-corrected chi connectivity index (χ1v) is 11.3. The topological polar surface area (TPSA) is 0 Å². The molecule has 0 aliphatic heterocycles. The van der Waals surface area contributed by atoms with Crippen LogP contribution in [0.25, 0.3) is 17.2 Å². The second kappa shape index (κ2) is 7.33. The molecule has 4 saturated carbocycles. The molecule has 0 nitrogen and oxygen atoms in total. The third-order valence-corrected chi connectivity index (χ3v) is 8.09. The summed E-state index contributed by atoms with van der Waals surface area (Å²) in [5, 5.41) is 0. The number of benzene rings is 2. The van der Waals surface area contributed by atoms with E-state index in [4.69, 9.17) is 0 Å². The van der Waals surface area contributed by atoms with Crippen LogP contribution >= 0.6 is 0 Å². The van der Waals surface area contributed by atoms with Gasteiger partial charge in [-0.3, -0.25) is 0 Å². The van der Waals surface area contributed by atoms with E-state index in [2.05, 4.69) is 62.7 Å². The van der Waals surface area contributed by atoms with Crippen molar-refractivity contribution in [2.24, 2.45) is 23.2 Å². The SMILES string of the molecule is Cc1cc(C)cc(-c2cccc3c2C=C(CC24CC5CC(CC(C5)C2)C4)[CH]3)c1.[Zr]. The zero-order valence-electron chi connectivity index (χ0n) is 17.8. The van der Waals surface area contributed by atoms with Gasteiger partial charge in [0.2, 0.25) is 0 Å². The number of hydrogen-bond acceptors (Lipinski definition) is 0. The van der Waals surface area contributed by atoms with Gasteiger partial charge in [-0.2, -0.15) is 0 Å². The molecule has 0 heterocycles. The Balaban J connectivity index is 0.00000181. The monoisotopic (exact) mass is 457 g/mol. The van der Waals surface area contributed by atoms with Crippen LogP contribution in [-0.2, 0) is 26.2 Å². The van der Waals surface area contributed by atoms with Crippen LogP contribution in [0.4, 0.5) is 0 Å². The molecule has 147 valence electrons. The summed E-state index contributed by atoms with van der Waals surface area (Å²) in [5.41, 5.74) is 10.6. The Morgan fingerprint density at radius 1 is 0.862 bits per heavy atom. The Hall–Kier alpha value is -0.937. The third kappa shape index (κ3) is 3.56. The molecule has 0 unspecified atom stereocenters. The maximum atomic E-state index is 2.53. The van der Waals surface area contributed by atoms with Crippen LogP contribution in [0.5, 0.6) is 0 Å². The predicted molar refractivity (Wildman–Crippen MR) is 118 cm³/mol. The van der Waals surface area contributed by atoms with E-state index in [1.54, 1.807) is 5.57 Å². The van der Waals surface area contributed by atoms with Crippen molar-refractivity contribution < 1.29 is 26.2 Å². The zero-order chi connectivity index (χ0) is 18.9. The molecule has 7 rings (SSSR count). The van der Waals surface area contributed by atoms with Crippen molar-refractivity contribution in [2.75, 3.05) is 0 Å². The van der Waals surface area contributed by atoms with E-state index >= 15 is 0 Å². The largest absolute Gasteiger partial charge is 0.0613 e.